The van der Waals surface area contributed by atoms with Gasteiger partial charge in [0.05, 0.1) is 11.7 Å². The molecule has 3 rings (SSSR count). The van der Waals surface area contributed by atoms with Gasteiger partial charge in [0.15, 0.2) is 17.3 Å². The molecular weight excluding hydrogens is 258 g/mol. The first kappa shape index (κ1) is 12.2. The van der Waals surface area contributed by atoms with E-state index in [0.717, 1.165) is 46.8 Å². The van der Waals surface area contributed by atoms with E-state index in [4.69, 9.17) is 4.42 Å². The van der Waals surface area contributed by atoms with Crippen molar-refractivity contribution in [1.29, 1.82) is 0 Å². The monoisotopic (exact) mass is 273 g/mol. The molecule has 1 N–H and O–H groups in total. The molecule has 0 aliphatic rings. The highest BCUT2D eigenvalue weighted by Crippen LogP contribution is 2.32. The number of anilines is 1. The van der Waals surface area contributed by atoms with Gasteiger partial charge in [-0.1, -0.05) is 25.1 Å². The first-order valence-electron chi connectivity index (χ1n) is 6.35. The van der Waals surface area contributed by atoms with Gasteiger partial charge in [-0.2, -0.15) is 8.75 Å². The van der Waals surface area contributed by atoms with Crippen LogP contribution in [0.2, 0.25) is 0 Å². The third kappa shape index (κ3) is 2.21. The molecule has 0 aliphatic carbocycles. The minimum atomic E-state index is 0.775. The molecule has 0 spiro atoms. The van der Waals surface area contributed by atoms with Crippen molar-refractivity contribution in [2.75, 3.05) is 11.9 Å². The molecule has 0 amide bonds. The minimum Gasteiger partial charge on any atom is -0.454 e. The molecule has 2 heterocycles. The molecule has 5 heteroatoms. The Morgan fingerprint density at radius 3 is 3.00 bits per heavy atom. The predicted octanol–water partition coefficient (Wildman–Crippen LogP) is 4.08. The number of hydrogen-bond acceptors (Lipinski definition) is 5. The topological polar surface area (TPSA) is 51.0 Å². The van der Waals surface area contributed by atoms with Gasteiger partial charge in [-0.25, -0.2) is 0 Å². The second-order valence-corrected chi connectivity index (χ2v) is 5.02. The van der Waals surface area contributed by atoms with Crippen molar-refractivity contribution in [3.63, 3.8) is 0 Å². The molecule has 2 aromatic heterocycles. The average Bonchev–Trinajstić information content (AvgIpc) is 3.02. The first-order chi connectivity index (χ1) is 9.29. The standard InChI is InChI=1S/C14H15N3OS/c1-3-7-15-14-12(16-19-17-14)11-8-10-6-4-5-9(2)13(10)18-11/h4-6,8H,3,7H2,1-2H3,(H,15,17). The Balaban J connectivity index is 2.04. The van der Waals surface area contributed by atoms with E-state index in [1.807, 2.05) is 31.2 Å². The molecule has 0 saturated heterocycles. The van der Waals surface area contributed by atoms with Gasteiger partial charge in [0.1, 0.15) is 5.58 Å². The van der Waals surface area contributed by atoms with Gasteiger partial charge in [0.2, 0.25) is 0 Å². The molecule has 98 valence electrons. The van der Waals surface area contributed by atoms with Crippen molar-refractivity contribution >= 4 is 28.5 Å². The molecule has 0 bridgehead atoms. The summed E-state index contributed by atoms with van der Waals surface area (Å²) in [4.78, 5) is 0. The fourth-order valence-corrected chi connectivity index (χ4v) is 2.57. The number of para-hydroxylation sites is 1. The highest BCUT2D eigenvalue weighted by atomic mass is 32.1. The lowest BCUT2D eigenvalue weighted by molar-refractivity contribution is 0.627. The van der Waals surface area contributed by atoms with Gasteiger partial charge < -0.3 is 9.73 Å². The summed E-state index contributed by atoms with van der Waals surface area (Å²) in [6.07, 6.45) is 1.05. The Morgan fingerprint density at radius 2 is 2.21 bits per heavy atom. The maximum Gasteiger partial charge on any atom is 0.171 e. The van der Waals surface area contributed by atoms with Crippen LogP contribution in [0.3, 0.4) is 0 Å². The summed E-state index contributed by atoms with van der Waals surface area (Å²) in [6, 6.07) is 8.15. The van der Waals surface area contributed by atoms with E-state index in [9.17, 15) is 0 Å². The lowest BCUT2D eigenvalue weighted by atomic mass is 10.2. The van der Waals surface area contributed by atoms with Gasteiger partial charge in [0.25, 0.3) is 0 Å². The van der Waals surface area contributed by atoms with Crippen LogP contribution in [0.15, 0.2) is 28.7 Å². The fourth-order valence-electron chi connectivity index (χ4n) is 2.04. The number of nitrogens with zero attached hydrogens (tertiary/aromatic N) is 2. The van der Waals surface area contributed by atoms with Crippen molar-refractivity contribution in [2.45, 2.75) is 20.3 Å². The van der Waals surface area contributed by atoms with Crippen LogP contribution in [0.4, 0.5) is 5.82 Å². The van der Waals surface area contributed by atoms with Crippen LogP contribution < -0.4 is 5.32 Å². The van der Waals surface area contributed by atoms with Crippen molar-refractivity contribution in [3.8, 4) is 11.5 Å². The number of aryl methyl sites for hydroxylation is 1. The van der Waals surface area contributed by atoms with Crippen molar-refractivity contribution in [2.24, 2.45) is 0 Å². The fraction of sp³-hybridized carbons (Fsp3) is 0.286. The summed E-state index contributed by atoms with van der Waals surface area (Å²) >= 11 is 1.20. The van der Waals surface area contributed by atoms with Crippen LogP contribution in [0, 0.1) is 6.92 Å². The summed E-state index contributed by atoms with van der Waals surface area (Å²) < 4.78 is 14.5. The van der Waals surface area contributed by atoms with E-state index in [1.54, 1.807) is 0 Å². The van der Waals surface area contributed by atoms with E-state index >= 15 is 0 Å². The second-order valence-electron chi connectivity index (χ2n) is 4.49. The second kappa shape index (κ2) is 5.01. The maximum absolute atomic E-state index is 5.93. The number of benzene rings is 1. The number of furan rings is 1. The first-order valence-corrected chi connectivity index (χ1v) is 7.08. The summed E-state index contributed by atoms with van der Waals surface area (Å²) in [5.41, 5.74) is 2.86. The Labute approximate surface area is 115 Å². The van der Waals surface area contributed by atoms with E-state index < -0.39 is 0 Å². The molecule has 0 atom stereocenters. The zero-order valence-electron chi connectivity index (χ0n) is 10.9. The predicted molar refractivity (Wildman–Crippen MR) is 78.6 cm³/mol. The smallest absolute Gasteiger partial charge is 0.171 e. The van der Waals surface area contributed by atoms with Gasteiger partial charge in [-0.3, -0.25) is 0 Å². The molecular formula is C14H15N3OS. The number of nitrogens with one attached hydrogen (secondary N) is 1. The average molecular weight is 273 g/mol. The molecule has 0 fully saturated rings. The Kier molecular flexibility index (Phi) is 3.21. The van der Waals surface area contributed by atoms with Crippen LogP contribution in [-0.4, -0.2) is 15.3 Å². The Morgan fingerprint density at radius 1 is 1.32 bits per heavy atom. The third-order valence-electron chi connectivity index (χ3n) is 3.01. The van der Waals surface area contributed by atoms with Gasteiger partial charge in [-0.15, -0.1) is 0 Å². The van der Waals surface area contributed by atoms with E-state index in [2.05, 4.69) is 21.0 Å². The van der Waals surface area contributed by atoms with Crippen LogP contribution in [0.5, 0.6) is 0 Å². The SMILES string of the molecule is CCCNc1nsnc1-c1cc2cccc(C)c2o1. The third-order valence-corrected chi connectivity index (χ3v) is 3.53. The molecule has 1 aromatic carbocycles. The van der Waals surface area contributed by atoms with Crippen LogP contribution in [0.1, 0.15) is 18.9 Å². The molecule has 0 saturated carbocycles. The van der Waals surface area contributed by atoms with E-state index in [0.29, 0.717) is 0 Å². The molecule has 4 nitrogen and oxygen atoms in total. The van der Waals surface area contributed by atoms with Crippen molar-refractivity contribution in [1.82, 2.24) is 8.75 Å². The van der Waals surface area contributed by atoms with Gasteiger partial charge in [0, 0.05) is 11.9 Å². The number of fused-ring (bicyclic) bond motifs is 1. The minimum absolute atomic E-state index is 0.775. The Hall–Kier alpha value is -1.88. The normalized spacial score (nSPS) is 11.1. The Bertz CT molecular complexity index is 702. The lowest BCUT2D eigenvalue weighted by Gasteiger charge is -2.00. The van der Waals surface area contributed by atoms with Gasteiger partial charge >= 0.3 is 0 Å². The van der Waals surface area contributed by atoms with Crippen molar-refractivity contribution < 1.29 is 4.42 Å². The zero-order valence-corrected chi connectivity index (χ0v) is 11.8. The largest absolute Gasteiger partial charge is 0.454 e. The number of rotatable bonds is 4. The zero-order chi connectivity index (χ0) is 13.2. The van der Waals surface area contributed by atoms with Crippen molar-refractivity contribution in [3.05, 3.63) is 29.8 Å². The number of hydrogen-bond donors (Lipinski definition) is 1. The summed E-state index contributed by atoms with van der Waals surface area (Å²) in [5.74, 6) is 1.58. The van der Waals surface area contributed by atoms with E-state index in [-0.39, 0.29) is 0 Å². The molecule has 0 radical (unpaired) electrons. The van der Waals surface area contributed by atoms with E-state index in [1.165, 1.54) is 11.7 Å². The summed E-state index contributed by atoms with van der Waals surface area (Å²) in [6.45, 7) is 5.06. The van der Waals surface area contributed by atoms with Crippen LogP contribution >= 0.6 is 11.7 Å². The molecule has 0 aliphatic heterocycles. The highest BCUT2D eigenvalue weighted by molar-refractivity contribution is 6.99. The van der Waals surface area contributed by atoms with Crippen LogP contribution in [-0.2, 0) is 0 Å². The van der Waals surface area contributed by atoms with Crippen LogP contribution in [0.25, 0.3) is 22.4 Å². The molecule has 0 unspecified atom stereocenters. The molecule has 19 heavy (non-hydrogen) atoms. The summed E-state index contributed by atoms with van der Waals surface area (Å²) in [7, 11) is 0. The maximum atomic E-state index is 5.93. The quantitative estimate of drug-likeness (QED) is 0.778. The number of aromatic nitrogens is 2. The molecule has 3 aromatic rings. The van der Waals surface area contributed by atoms with Gasteiger partial charge in [-0.05, 0) is 25.0 Å². The lowest BCUT2D eigenvalue weighted by Crippen LogP contribution is -2.00. The summed E-state index contributed by atoms with van der Waals surface area (Å²) in [5, 5.41) is 4.38. The highest BCUT2D eigenvalue weighted by Gasteiger charge is 2.15.